The average molecular weight is 460 g/mol. The van der Waals surface area contributed by atoms with E-state index in [-0.39, 0.29) is 23.7 Å². The molecule has 34 heavy (non-hydrogen) atoms. The van der Waals surface area contributed by atoms with Crippen LogP contribution in [-0.4, -0.2) is 50.2 Å². The first-order valence-corrected chi connectivity index (χ1v) is 12.0. The molecule has 6 heteroatoms. The molecule has 1 atom stereocenters. The first kappa shape index (κ1) is 22.6. The lowest BCUT2D eigenvalue weighted by Gasteiger charge is -2.40. The molecule has 176 valence electrons. The van der Waals surface area contributed by atoms with Crippen molar-refractivity contribution in [1.82, 2.24) is 4.90 Å². The fourth-order valence-electron chi connectivity index (χ4n) is 4.93. The molecule has 2 heterocycles. The fraction of sp³-hybridized carbons (Fsp3) is 0.321. The molecule has 2 fully saturated rings. The third-order valence-electron chi connectivity index (χ3n) is 6.77. The summed E-state index contributed by atoms with van der Waals surface area (Å²) in [4.78, 5) is 16.9. The highest BCUT2D eigenvalue weighted by atomic mass is 19.1. The van der Waals surface area contributed by atoms with Gasteiger partial charge in [0.2, 0.25) is 5.91 Å². The van der Waals surface area contributed by atoms with Gasteiger partial charge in [0.1, 0.15) is 5.82 Å². The number of piperazine rings is 1. The maximum absolute atomic E-state index is 15.0. The second-order valence-corrected chi connectivity index (χ2v) is 8.96. The zero-order valence-corrected chi connectivity index (χ0v) is 19.2. The van der Waals surface area contributed by atoms with Gasteiger partial charge in [-0.05, 0) is 35.7 Å². The van der Waals surface area contributed by atoms with E-state index in [0.717, 1.165) is 26.2 Å². The van der Waals surface area contributed by atoms with E-state index < -0.39 is 0 Å². The molecule has 0 radical (unpaired) electrons. The van der Waals surface area contributed by atoms with Gasteiger partial charge in [-0.3, -0.25) is 9.69 Å². The summed E-state index contributed by atoms with van der Waals surface area (Å²) in [7, 11) is 0. The maximum atomic E-state index is 15.0. The minimum atomic E-state index is -0.309. The zero-order chi connectivity index (χ0) is 23.3. The van der Waals surface area contributed by atoms with E-state index in [1.807, 2.05) is 12.1 Å². The fourth-order valence-corrected chi connectivity index (χ4v) is 4.93. The normalized spacial score (nSPS) is 18.9. The quantitative estimate of drug-likeness (QED) is 0.580. The van der Waals surface area contributed by atoms with Gasteiger partial charge in [-0.25, -0.2) is 4.39 Å². The third-order valence-corrected chi connectivity index (χ3v) is 6.77. The first-order valence-electron chi connectivity index (χ1n) is 12.0. The molecular formula is C28H30FN3O2. The van der Waals surface area contributed by atoms with Crippen LogP contribution < -0.4 is 10.2 Å². The highest BCUT2D eigenvalue weighted by Crippen LogP contribution is 2.31. The van der Waals surface area contributed by atoms with E-state index in [4.69, 9.17) is 4.74 Å². The van der Waals surface area contributed by atoms with Crippen molar-refractivity contribution in [3.63, 3.8) is 0 Å². The van der Waals surface area contributed by atoms with Gasteiger partial charge in [-0.1, -0.05) is 60.7 Å². The van der Waals surface area contributed by atoms with Crippen LogP contribution in [0.5, 0.6) is 0 Å². The lowest BCUT2D eigenvalue weighted by molar-refractivity contribution is -0.119. The number of hydrogen-bond acceptors (Lipinski definition) is 4. The average Bonchev–Trinajstić information content (AvgIpc) is 3.42. The Hall–Kier alpha value is -3.22. The van der Waals surface area contributed by atoms with E-state index in [1.54, 1.807) is 12.1 Å². The molecule has 2 saturated heterocycles. The van der Waals surface area contributed by atoms with Crippen LogP contribution in [0.4, 0.5) is 15.8 Å². The van der Waals surface area contributed by atoms with Crippen LogP contribution in [0, 0.1) is 11.7 Å². The SMILES string of the molecule is O=C(Nc1ccc(N2CCN(C(c3ccccc3)c3ccccc3)CC2)c(F)c1)C1CCOC1. The summed E-state index contributed by atoms with van der Waals surface area (Å²) in [6.45, 7) is 4.16. The van der Waals surface area contributed by atoms with Crippen LogP contribution in [0.1, 0.15) is 23.6 Å². The first-order chi connectivity index (χ1) is 16.7. The van der Waals surface area contributed by atoms with E-state index >= 15 is 4.39 Å². The predicted molar refractivity (Wildman–Crippen MR) is 132 cm³/mol. The number of rotatable bonds is 6. The number of anilines is 2. The molecule has 0 saturated carbocycles. The van der Waals surface area contributed by atoms with Gasteiger partial charge in [0.05, 0.1) is 24.3 Å². The molecular weight excluding hydrogens is 429 g/mol. The summed E-state index contributed by atoms with van der Waals surface area (Å²) in [5.41, 5.74) is 3.60. The molecule has 1 N–H and O–H groups in total. The van der Waals surface area contributed by atoms with Crippen molar-refractivity contribution < 1.29 is 13.9 Å². The van der Waals surface area contributed by atoms with Gasteiger partial charge in [-0.2, -0.15) is 0 Å². The minimum Gasteiger partial charge on any atom is -0.381 e. The second kappa shape index (κ2) is 10.4. The molecule has 0 spiro atoms. The molecule has 5 nitrogen and oxygen atoms in total. The molecule has 0 aromatic heterocycles. The Kier molecular flexibility index (Phi) is 6.88. The lowest BCUT2D eigenvalue weighted by Crippen LogP contribution is -2.48. The highest BCUT2D eigenvalue weighted by molar-refractivity contribution is 5.93. The summed E-state index contributed by atoms with van der Waals surface area (Å²) in [6.07, 6.45) is 0.712. The third kappa shape index (κ3) is 4.98. The molecule has 2 aliphatic heterocycles. The standard InChI is InChI=1S/C28H30FN3O2/c29-25-19-24(30-28(33)23-13-18-34-20-23)11-12-26(25)31-14-16-32(17-15-31)27(21-7-3-1-4-8-21)22-9-5-2-6-10-22/h1-12,19,23,27H,13-18,20H2,(H,30,33). The van der Waals surface area contributed by atoms with Crippen molar-refractivity contribution in [2.24, 2.45) is 5.92 Å². The molecule has 3 aromatic carbocycles. The number of ether oxygens (including phenoxy) is 1. The van der Waals surface area contributed by atoms with Crippen LogP contribution in [0.3, 0.4) is 0 Å². The molecule has 1 unspecified atom stereocenters. The van der Waals surface area contributed by atoms with E-state index in [2.05, 4.69) is 63.6 Å². The molecule has 1 amide bonds. The molecule has 2 aliphatic rings. The Morgan fingerprint density at radius 1 is 0.912 bits per heavy atom. The van der Waals surface area contributed by atoms with Gasteiger partial charge in [0.25, 0.3) is 0 Å². The number of hydrogen-bond donors (Lipinski definition) is 1. The van der Waals surface area contributed by atoms with E-state index in [1.165, 1.54) is 17.2 Å². The second-order valence-electron chi connectivity index (χ2n) is 8.96. The van der Waals surface area contributed by atoms with Crippen LogP contribution in [-0.2, 0) is 9.53 Å². The van der Waals surface area contributed by atoms with Crippen LogP contribution >= 0.6 is 0 Å². The smallest absolute Gasteiger partial charge is 0.229 e. The van der Waals surface area contributed by atoms with Crippen molar-refractivity contribution in [2.45, 2.75) is 12.5 Å². The van der Waals surface area contributed by atoms with E-state index in [0.29, 0.717) is 31.0 Å². The molecule has 0 aliphatic carbocycles. The van der Waals surface area contributed by atoms with Crippen molar-refractivity contribution in [3.05, 3.63) is 95.8 Å². The van der Waals surface area contributed by atoms with Gasteiger partial charge >= 0.3 is 0 Å². The zero-order valence-electron chi connectivity index (χ0n) is 19.2. The Morgan fingerprint density at radius 3 is 2.12 bits per heavy atom. The van der Waals surface area contributed by atoms with Gasteiger partial charge in [-0.15, -0.1) is 0 Å². The number of nitrogens with zero attached hydrogens (tertiary/aromatic N) is 2. The summed E-state index contributed by atoms with van der Waals surface area (Å²) >= 11 is 0. The Morgan fingerprint density at radius 2 is 1.56 bits per heavy atom. The number of amides is 1. The van der Waals surface area contributed by atoms with Crippen molar-refractivity contribution in [1.29, 1.82) is 0 Å². The lowest BCUT2D eigenvalue weighted by atomic mass is 9.96. The molecule has 5 rings (SSSR count). The Balaban J connectivity index is 1.26. The van der Waals surface area contributed by atoms with Gasteiger partial charge in [0.15, 0.2) is 0 Å². The summed E-state index contributed by atoms with van der Waals surface area (Å²) in [5.74, 6) is -0.569. The molecule has 0 bridgehead atoms. The monoisotopic (exact) mass is 459 g/mol. The highest BCUT2D eigenvalue weighted by Gasteiger charge is 2.28. The van der Waals surface area contributed by atoms with Gasteiger partial charge < -0.3 is 15.0 Å². The maximum Gasteiger partial charge on any atom is 0.229 e. The number of halogens is 1. The van der Waals surface area contributed by atoms with Crippen LogP contribution in [0.25, 0.3) is 0 Å². The predicted octanol–water partition coefficient (Wildman–Crippen LogP) is 4.71. The summed E-state index contributed by atoms with van der Waals surface area (Å²) < 4.78 is 20.3. The Labute approximate surface area is 200 Å². The number of nitrogens with one attached hydrogen (secondary N) is 1. The van der Waals surface area contributed by atoms with Crippen LogP contribution in [0.2, 0.25) is 0 Å². The Bertz CT molecular complexity index is 1060. The van der Waals surface area contributed by atoms with Crippen molar-refractivity contribution in [3.8, 4) is 0 Å². The molecule has 3 aromatic rings. The minimum absolute atomic E-state index is 0.105. The largest absolute Gasteiger partial charge is 0.381 e. The number of carbonyl (C=O) groups is 1. The number of benzene rings is 3. The van der Waals surface area contributed by atoms with Crippen molar-refractivity contribution >= 4 is 17.3 Å². The summed E-state index contributed by atoms with van der Waals surface area (Å²) in [6, 6.07) is 26.3. The van der Waals surface area contributed by atoms with E-state index in [9.17, 15) is 4.79 Å². The topological polar surface area (TPSA) is 44.8 Å². The number of carbonyl (C=O) groups excluding carboxylic acids is 1. The summed E-state index contributed by atoms with van der Waals surface area (Å²) in [5, 5.41) is 2.83. The van der Waals surface area contributed by atoms with Gasteiger partial charge in [0, 0.05) is 38.5 Å². The van der Waals surface area contributed by atoms with Crippen molar-refractivity contribution in [2.75, 3.05) is 49.6 Å². The van der Waals surface area contributed by atoms with Crippen LogP contribution in [0.15, 0.2) is 78.9 Å².